The number of hydrogen-bond acceptors (Lipinski definition) is 5. The van der Waals surface area contributed by atoms with Crippen molar-refractivity contribution in [1.29, 1.82) is 0 Å². The molecule has 1 saturated carbocycles. The van der Waals surface area contributed by atoms with Crippen LogP contribution in [-0.4, -0.2) is 30.6 Å². The number of anilines is 2. The van der Waals surface area contributed by atoms with Crippen LogP contribution in [0.15, 0.2) is 18.2 Å². The second-order valence-corrected chi connectivity index (χ2v) is 6.30. The number of carbonyl (C=O) groups is 1. The van der Waals surface area contributed by atoms with Gasteiger partial charge in [-0.3, -0.25) is 0 Å². The van der Waals surface area contributed by atoms with E-state index in [0.717, 1.165) is 10.9 Å². The first-order valence-electron chi connectivity index (χ1n) is 6.91. The van der Waals surface area contributed by atoms with Crippen molar-refractivity contribution < 1.29 is 9.53 Å². The fourth-order valence-electron chi connectivity index (χ4n) is 2.65. The van der Waals surface area contributed by atoms with Gasteiger partial charge >= 0.3 is 5.97 Å². The van der Waals surface area contributed by atoms with Gasteiger partial charge in [0.1, 0.15) is 0 Å². The zero-order valence-corrected chi connectivity index (χ0v) is 12.8. The van der Waals surface area contributed by atoms with E-state index in [1.54, 1.807) is 12.1 Å². The number of hydrogen-bond donors (Lipinski definition) is 2. The van der Waals surface area contributed by atoms with Crippen molar-refractivity contribution in [3.05, 3.63) is 23.8 Å². The molecule has 2 atom stereocenters. The van der Waals surface area contributed by atoms with Crippen LogP contribution in [0.25, 0.3) is 0 Å². The number of thioether (sulfide) groups is 1. The summed E-state index contributed by atoms with van der Waals surface area (Å²) in [6.07, 6.45) is 7.07. The number of nitrogens with two attached hydrogens (primary N) is 1. The normalized spacial score (nSPS) is 22.3. The Morgan fingerprint density at radius 3 is 2.90 bits per heavy atom. The number of esters is 1. The van der Waals surface area contributed by atoms with Gasteiger partial charge in [0.2, 0.25) is 0 Å². The summed E-state index contributed by atoms with van der Waals surface area (Å²) in [7, 11) is 1.37. The largest absolute Gasteiger partial charge is 0.465 e. The summed E-state index contributed by atoms with van der Waals surface area (Å²) in [4.78, 5) is 11.4. The number of nitrogens with one attached hydrogen (secondary N) is 1. The van der Waals surface area contributed by atoms with Crippen LogP contribution in [0.3, 0.4) is 0 Å². The molecule has 0 bridgehead atoms. The van der Waals surface area contributed by atoms with Crippen molar-refractivity contribution >= 4 is 29.1 Å². The molecule has 5 heteroatoms. The lowest BCUT2D eigenvalue weighted by atomic mass is 9.94. The first-order chi connectivity index (χ1) is 9.63. The van der Waals surface area contributed by atoms with E-state index < -0.39 is 0 Å². The van der Waals surface area contributed by atoms with Crippen molar-refractivity contribution in [2.75, 3.05) is 24.4 Å². The van der Waals surface area contributed by atoms with E-state index >= 15 is 0 Å². The third-order valence-electron chi connectivity index (χ3n) is 3.79. The van der Waals surface area contributed by atoms with Gasteiger partial charge in [0, 0.05) is 11.3 Å². The summed E-state index contributed by atoms with van der Waals surface area (Å²) in [6.45, 7) is 0. The standard InChI is InChI=1S/C15H22N2O2S/c1-19-15(18)10-6-7-14(13(16)8-10)17-11-4-3-5-12(9-11)20-2/h6-8,11-12,17H,3-5,9,16H2,1-2H3. The first kappa shape index (κ1) is 15.0. The van der Waals surface area contributed by atoms with Gasteiger partial charge in [-0.25, -0.2) is 4.79 Å². The smallest absolute Gasteiger partial charge is 0.337 e. The van der Waals surface area contributed by atoms with Crippen LogP contribution < -0.4 is 11.1 Å². The molecule has 0 aliphatic heterocycles. The average molecular weight is 294 g/mol. The van der Waals surface area contributed by atoms with Gasteiger partial charge < -0.3 is 15.8 Å². The van der Waals surface area contributed by atoms with Crippen molar-refractivity contribution in [1.82, 2.24) is 0 Å². The molecule has 0 radical (unpaired) electrons. The van der Waals surface area contributed by atoms with Crippen LogP contribution in [0.4, 0.5) is 11.4 Å². The number of benzene rings is 1. The Kier molecular flexibility index (Phi) is 5.17. The predicted molar refractivity (Wildman–Crippen MR) is 85.4 cm³/mol. The maximum Gasteiger partial charge on any atom is 0.337 e. The minimum atomic E-state index is -0.358. The van der Waals surface area contributed by atoms with E-state index in [4.69, 9.17) is 10.5 Å². The molecule has 110 valence electrons. The summed E-state index contributed by atoms with van der Waals surface area (Å²) < 4.78 is 4.69. The Hall–Kier alpha value is -1.36. The Morgan fingerprint density at radius 1 is 1.45 bits per heavy atom. The summed E-state index contributed by atoms with van der Waals surface area (Å²) in [5.74, 6) is -0.358. The monoisotopic (exact) mass is 294 g/mol. The van der Waals surface area contributed by atoms with E-state index in [1.165, 1.54) is 32.8 Å². The molecule has 2 unspecified atom stereocenters. The fourth-order valence-corrected chi connectivity index (χ4v) is 3.48. The second kappa shape index (κ2) is 6.88. The summed E-state index contributed by atoms with van der Waals surface area (Å²) in [5.41, 5.74) is 8.01. The van der Waals surface area contributed by atoms with Gasteiger partial charge in [-0.2, -0.15) is 11.8 Å². The second-order valence-electron chi connectivity index (χ2n) is 5.16. The maximum absolute atomic E-state index is 11.4. The molecule has 20 heavy (non-hydrogen) atoms. The first-order valence-corrected chi connectivity index (χ1v) is 8.20. The molecular weight excluding hydrogens is 272 g/mol. The molecule has 4 nitrogen and oxygen atoms in total. The Labute approximate surface area is 124 Å². The molecule has 1 aromatic carbocycles. The molecule has 1 aliphatic carbocycles. The molecule has 0 amide bonds. The van der Waals surface area contributed by atoms with Crippen LogP contribution in [0.1, 0.15) is 36.0 Å². The number of carbonyl (C=O) groups excluding carboxylic acids is 1. The highest BCUT2D eigenvalue weighted by Gasteiger charge is 2.21. The number of methoxy groups -OCH3 is 1. The quantitative estimate of drug-likeness (QED) is 0.660. The fraction of sp³-hybridized carbons (Fsp3) is 0.533. The van der Waals surface area contributed by atoms with Crippen LogP contribution in [-0.2, 0) is 4.74 Å². The maximum atomic E-state index is 11.4. The van der Waals surface area contributed by atoms with Crippen molar-refractivity contribution in [3.8, 4) is 0 Å². The lowest BCUT2D eigenvalue weighted by Gasteiger charge is -2.29. The van der Waals surface area contributed by atoms with E-state index in [-0.39, 0.29) is 5.97 Å². The van der Waals surface area contributed by atoms with Gasteiger partial charge in [0.15, 0.2) is 0 Å². The van der Waals surface area contributed by atoms with Crippen LogP contribution in [0.5, 0.6) is 0 Å². The van der Waals surface area contributed by atoms with Gasteiger partial charge in [-0.05, 0) is 43.7 Å². The van der Waals surface area contributed by atoms with Crippen molar-refractivity contribution in [2.24, 2.45) is 0 Å². The number of rotatable bonds is 4. The highest BCUT2D eigenvalue weighted by molar-refractivity contribution is 7.99. The molecular formula is C15H22N2O2S. The molecule has 0 saturated heterocycles. The highest BCUT2D eigenvalue weighted by Crippen LogP contribution is 2.30. The van der Waals surface area contributed by atoms with E-state index in [0.29, 0.717) is 17.3 Å². The molecule has 2 rings (SSSR count). The Balaban J connectivity index is 2.04. The Morgan fingerprint density at radius 2 is 2.25 bits per heavy atom. The van der Waals surface area contributed by atoms with Crippen LogP contribution in [0.2, 0.25) is 0 Å². The van der Waals surface area contributed by atoms with E-state index in [2.05, 4.69) is 11.6 Å². The third-order valence-corrected chi connectivity index (χ3v) is 4.89. The lowest BCUT2D eigenvalue weighted by molar-refractivity contribution is 0.0601. The van der Waals surface area contributed by atoms with Gasteiger partial charge in [-0.15, -0.1) is 0 Å². The van der Waals surface area contributed by atoms with E-state index in [9.17, 15) is 4.79 Å². The predicted octanol–water partition coefficient (Wildman–Crippen LogP) is 3.14. The minimum Gasteiger partial charge on any atom is -0.465 e. The summed E-state index contributed by atoms with van der Waals surface area (Å²) in [5, 5.41) is 4.24. The number of ether oxygens (including phenoxy) is 1. The van der Waals surface area contributed by atoms with Crippen molar-refractivity contribution in [3.63, 3.8) is 0 Å². The molecule has 0 spiro atoms. The molecule has 1 aliphatic rings. The lowest BCUT2D eigenvalue weighted by Crippen LogP contribution is -2.28. The topological polar surface area (TPSA) is 64.3 Å². The average Bonchev–Trinajstić information content (AvgIpc) is 2.48. The van der Waals surface area contributed by atoms with Gasteiger partial charge in [-0.1, -0.05) is 6.42 Å². The third kappa shape index (κ3) is 3.60. The van der Waals surface area contributed by atoms with Gasteiger partial charge in [0.25, 0.3) is 0 Å². The zero-order valence-electron chi connectivity index (χ0n) is 12.0. The highest BCUT2D eigenvalue weighted by atomic mass is 32.2. The molecule has 1 fully saturated rings. The summed E-state index contributed by atoms with van der Waals surface area (Å²) >= 11 is 1.94. The Bertz CT molecular complexity index is 479. The molecule has 0 heterocycles. The molecule has 1 aromatic rings. The van der Waals surface area contributed by atoms with Crippen LogP contribution >= 0.6 is 11.8 Å². The zero-order chi connectivity index (χ0) is 14.5. The number of nitrogen functional groups attached to an aromatic ring is 1. The van der Waals surface area contributed by atoms with Crippen LogP contribution in [0, 0.1) is 0 Å². The minimum absolute atomic E-state index is 0.358. The summed E-state index contributed by atoms with van der Waals surface area (Å²) in [6, 6.07) is 5.75. The molecule has 3 N–H and O–H groups in total. The van der Waals surface area contributed by atoms with E-state index in [1.807, 2.05) is 17.8 Å². The van der Waals surface area contributed by atoms with Gasteiger partial charge in [0.05, 0.1) is 24.0 Å². The SMILES string of the molecule is COC(=O)c1ccc(NC2CCCC(SC)C2)c(N)c1. The van der Waals surface area contributed by atoms with Crippen molar-refractivity contribution in [2.45, 2.75) is 37.0 Å². The molecule has 0 aromatic heterocycles.